The third kappa shape index (κ3) is 4.32. The van der Waals surface area contributed by atoms with Gasteiger partial charge in [-0.25, -0.2) is 4.39 Å². The molecule has 0 aromatic heterocycles. The Kier molecular flexibility index (Phi) is 6.64. The monoisotopic (exact) mass is 418 g/mol. The van der Waals surface area contributed by atoms with Gasteiger partial charge >= 0.3 is 0 Å². The van der Waals surface area contributed by atoms with Crippen LogP contribution >= 0.6 is 11.8 Å². The fourth-order valence-corrected chi connectivity index (χ4v) is 4.68. The molecule has 1 aliphatic heterocycles. The van der Waals surface area contributed by atoms with E-state index in [1.54, 1.807) is 44.2 Å². The highest BCUT2D eigenvalue weighted by atomic mass is 32.2. The second kappa shape index (κ2) is 9.17. The number of thioether (sulfide) groups is 1. The van der Waals surface area contributed by atoms with Crippen LogP contribution in [0.25, 0.3) is 0 Å². The Morgan fingerprint density at radius 2 is 1.90 bits per heavy atom. The molecule has 2 aromatic rings. The van der Waals surface area contributed by atoms with E-state index in [0.717, 1.165) is 5.56 Å². The van der Waals surface area contributed by atoms with Crippen LogP contribution in [0, 0.1) is 5.82 Å². The van der Waals surface area contributed by atoms with Gasteiger partial charge in [0.25, 0.3) is 0 Å². The van der Waals surface area contributed by atoms with E-state index in [-0.39, 0.29) is 23.4 Å². The highest BCUT2D eigenvalue weighted by Crippen LogP contribution is 2.44. The van der Waals surface area contributed by atoms with Crippen molar-refractivity contribution in [2.24, 2.45) is 0 Å². The van der Waals surface area contributed by atoms with Gasteiger partial charge in [0, 0.05) is 12.2 Å². The molecule has 1 aliphatic rings. The zero-order valence-corrected chi connectivity index (χ0v) is 17.3. The van der Waals surface area contributed by atoms with E-state index in [0.29, 0.717) is 17.3 Å². The molecule has 0 spiro atoms. The van der Waals surface area contributed by atoms with Crippen molar-refractivity contribution >= 4 is 29.3 Å². The standard InChI is InChI=1S/C21H23FN2O4S/c1-4-19(25)24-16(20(26)23-15-8-6-5-7-14(15)22)12-29-21(24)13-9-10-17(27-2)18(11-13)28-3/h5-11,16,21H,4,12H2,1-3H3,(H,23,26). The number of carbonyl (C=O) groups is 2. The van der Waals surface area contributed by atoms with Crippen molar-refractivity contribution in [3.8, 4) is 11.5 Å². The number of hydrogen-bond acceptors (Lipinski definition) is 5. The summed E-state index contributed by atoms with van der Waals surface area (Å²) in [5, 5.41) is 2.26. The number of halogens is 1. The number of para-hydroxylation sites is 1. The Morgan fingerprint density at radius 1 is 1.17 bits per heavy atom. The predicted octanol–water partition coefficient (Wildman–Crippen LogP) is 3.83. The number of benzene rings is 2. The molecule has 29 heavy (non-hydrogen) atoms. The molecule has 6 nitrogen and oxygen atoms in total. The lowest BCUT2D eigenvalue weighted by atomic mass is 10.1. The predicted molar refractivity (Wildman–Crippen MR) is 111 cm³/mol. The first kappa shape index (κ1) is 21.0. The summed E-state index contributed by atoms with van der Waals surface area (Å²) < 4.78 is 24.6. The first-order chi connectivity index (χ1) is 14.0. The van der Waals surface area contributed by atoms with E-state index in [4.69, 9.17) is 9.47 Å². The Bertz CT molecular complexity index is 908. The molecule has 2 atom stereocenters. The summed E-state index contributed by atoms with van der Waals surface area (Å²) in [6, 6.07) is 10.7. The van der Waals surface area contributed by atoms with E-state index in [2.05, 4.69) is 5.32 Å². The Hall–Kier alpha value is -2.74. The molecule has 2 unspecified atom stereocenters. The van der Waals surface area contributed by atoms with Crippen LogP contribution in [0.5, 0.6) is 11.5 Å². The number of rotatable bonds is 6. The molecule has 0 bridgehead atoms. The van der Waals surface area contributed by atoms with Crippen molar-refractivity contribution < 1.29 is 23.5 Å². The van der Waals surface area contributed by atoms with Gasteiger partial charge in [0.05, 0.1) is 19.9 Å². The summed E-state index contributed by atoms with van der Waals surface area (Å²) in [5.74, 6) is 0.466. The number of ether oxygens (including phenoxy) is 2. The molecule has 0 aliphatic carbocycles. The minimum absolute atomic E-state index is 0.0981. The van der Waals surface area contributed by atoms with Crippen molar-refractivity contribution in [2.45, 2.75) is 24.8 Å². The van der Waals surface area contributed by atoms with Gasteiger partial charge in [-0.15, -0.1) is 11.8 Å². The Labute approximate surface area is 173 Å². The van der Waals surface area contributed by atoms with Crippen LogP contribution in [0.4, 0.5) is 10.1 Å². The molecule has 1 fully saturated rings. The van der Waals surface area contributed by atoms with Gasteiger partial charge in [0.15, 0.2) is 11.5 Å². The lowest BCUT2D eigenvalue weighted by Crippen LogP contribution is -2.45. The lowest BCUT2D eigenvalue weighted by Gasteiger charge is -2.29. The fraction of sp³-hybridized carbons (Fsp3) is 0.333. The minimum Gasteiger partial charge on any atom is -0.493 e. The van der Waals surface area contributed by atoms with Gasteiger partial charge in [0.1, 0.15) is 17.2 Å². The highest BCUT2D eigenvalue weighted by Gasteiger charge is 2.42. The first-order valence-electron chi connectivity index (χ1n) is 9.20. The molecule has 1 saturated heterocycles. The normalized spacial score (nSPS) is 18.4. The van der Waals surface area contributed by atoms with Gasteiger partial charge in [0.2, 0.25) is 11.8 Å². The lowest BCUT2D eigenvalue weighted by molar-refractivity contribution is -0.137. The topological polar surface area (TPSA) is 67.9 Å². The average molecular weight is 418 g/mol. The van der Waals surface area contributed by atoms with E-state index in [9.17, 15) is 14.0 Å². The summed E-state index contributed by atoms with van der Waals surface area (Å²) in [4.78, 5) is 27.2. The molecule has 3 rings (SSSR count). The molecular formula is C21H23FN2O4S. The summed E-state index contributed by atoms with van der Waals surface area (Å²) in [6.45, 7) is 1.75. The Balaban J connectivity index is 1.88. The van der Waals surface area contributed by atoms with Gasteiger partial charge in [-0.2, -0.15) is 0 Å². The van der Waals surface area contributed by atoms with Crippen molar-refractivity contribution in [1.29, 1.82) is 0 Å². The fourth-order valence-electron chi connectivity index (χ4n) is 3.24. The zero-order valence-electron chi connectivity index (χ0n) is 16.5. The van der Waals surface area contributed by atoms with Crippen molar-refractivity contribution in [3.63, 3.8) is 0 Å². The third-order valence-electron chi connectivity index (χ3n) is 4.72. The summed E-state index contributed by atoms with van der Waals surface area (Å²) in [7, 11) is 3.10. The van der Waals surface area contributed by atoms with Crippen molar-refractivity contribution in [3.05, 3.63) is 53.8 Å². The number of carbonyl (C=O) groups excluding carboxylic acids is 2. The van der Waals surface area contributed by atoms with E-state index in [1.807, 2.05) is 12.1 Å². The molecule has 2 aromatic carbocycles. The van der Waals surface area contributed by atoms with Crippen LogP contribution in [0.15, 0.2) is 42.5 Å². The van der Waals surface area contributed by atoms with Crippen LogP contribution in [0.1, 0.15) is 24.3 Å². The van der Waals surface area contributed by atoms with Crippen LogP contribution in [0.3, 0.4) is 0 Å². The second-order valence-electron chi connectivity index (χ2n) is 6.44. The number of nitrogens with one attached hydrogen (secondary N) is 1. The van der Waals surface area contributed by atoms with Gasteiger partial charge < -0.3 is 19.7 Å². The Morgan fingerprint density at radius 3 is 2.55 bits per heavy atom. The van der Waals surface area contributed by atoms with E-state index >= 15 is 0 Å². The minimum atomic E-state index is -0.704. The van der Waals surface area contributed by atoms with Gasteiger partial charge in [-0.05, 0) is 29.8 Å². The van der Waals surface area contributed by atoms with Crippen LogP contribution in [-0.2, 0) is 9.59 Å². The summed E-state index contributed by atoms with van der Waals surface area (Å²) >= 11 is 1.49. The van der Waals surface area contributed by atoms with Gasteiger partial charge in [-0.1, -0.05) is 25.1 Å². The maximum Gasteiger partial charge on any atom is 0.248 e. The summed E-state index contributed by atoms with van der Waals surface area (Å²) in [6.07, 6.45) is 0.258. The molecule has 8 heteroatoms. The van der Waals surface area contributed by atoms with Crippen LogP contribution in [-0.4, -0.2) is 42.7 Å². The van der Waals surface area contributed by atoms with Crippen LogP contribution < -0.4 is 14.8 Å². The molecule has 154 valence electrons. The third-order valence-corrected chi connectivity index (χ3v) is 6.04. The SMILES string of the molecule is CCC(=O)N1C(C(=O)Nc2ccccc2F)CSC1c1ccc(OC)c(OC)c1. The highest BCUT2D eigenvalue weighted by molar-refractivity contribution is 7.99. The first-order valence-corrected chi connectivity index (χ1v) is 10.2. The molecular weight excluding hydrogens is 395 g/mol. The van der Waals surface area contributed by atoms with Crippen LogP contribution in [0.2, 0.25) is 0 Å². The quantitative estimate of drug-likeness (QED) is 0.772. The average Bonchev–Trinajstić information content (AvgIpc) is 3.19. The van der Waals surface area contributed by atoms with Gasteiger partial charge in [-0.3, -0.25) is 9.59 Å². The van der Waals surface area contributed by atoms with E-state index in [1.165, 1.54) is 23.9 Å². The van der Waals surface area contributed by atoms with Crippen molar-refractivity contribution in [1.82, 2.24) is 4.90 Å². The molecule has 1 N–H and O–H groups in total. The summed E-state index contributed by atoms with van der Waals surface area (Å²) in [5.41, 5.74) is 0.927. The maximum absolute atomic E-state index is 13.9. The smallest absolute Gasteiger partial charge is 0.248 e. The van der Waals surface area contributed by atoms with Crippen molar-refractivity contribution in [2.75, 3.05) is 25.3 Å². The second-order valence-corrected chi connectivity index (χ2v) is 7.55. The maximum atomic E-state index is 13.9. The number of methoxy groups -OCH3 is 2. The molecule has 1 heterocycles. The molecule has 2 amide bonds. The molecule has 0 radical (unpaired) electrons. The number of anilines is 1. The number of amides is 2. The molecule has 0 saturated carbocycles. The van der Waals surface area contributed by atoms with E-state index < -0.39 is 17.8 Å². The number of hydrogen-bond donors (Lipinski definition) is 1. The largest absolute Gasteiger partial charge is 0.493 e. The number of nitrogens with zero attached hydrogens (tertiary/aromatic N) is 1. The zero-order chi connectivity index (χ0) is 21.0.